The van der Waals surface area contributed by atoms with E-state index in [1.807, 2.05) is 61.5 Å². The first kappa shape index (κ1) is 26.3. The minimum absolute atomic E-state index is 0.322. The van der Waals surface area contributed by atoms with Crippen LogP contribution in [0, 0.1) is 23.7 Å². The van der Waals surface area contributed by atoms with E-state index in [4.69, 9.17) is 5.11 Å². The number of rotatable bonds is 0. The van der Waals surface area contributed by atoms with Gasteiger partial charge in [0.05, 0.1) is 0 Å². The molecule has 25 heavy (non-hydrogen) atoms. The Morgan fingerprint density at radius 3 is 1.36 bits per heavy atom. The van der Waals surface area contributed by atoms with Gasteiger partial charge in [-0.3, -0.25) is 0 Å². The van der Waals surface area contributed by atoms with Crippen molar-refractivity contribution in [3.05, 3.63) is 30.3 Å². The molecule has 1 aromatic carbocycles. The third-order valence-corrected chi connectivity index (χ3v) is 5.11. The number of hydrogen-bond donors (Lipinski definition) is 1. The lowest BCUT2D eigenvalue weighted by atomic mass is 9.82. The van der Waals surface area contributed by atoms with E-state index < -0.39 is 0 Å². The van der Waals surface area contributed by atoms with Crippen LogP contribution in [0.25, 0.3) is 0 Å². The second-order valence-electron chi connectivity index (χ2n) is 5.93. The molecule has 0 saturated heterocycles. The van der Waals surface area contributed by atoms with Crippen molar-refractivity contribution in [2.45, 2.75) is 93.9 Å². The summed E-state index contributed by atoms with van der Waals surface area (Å²) in [6.45, 7) is 16.0. The van der Waals surface area contributed by atoms with E-state index in [0.29, 0.717) is 5.75 Å². The van der Waals surface area contributed by atoms with E-state index in [9.17, 15) is 0 Å². The fourth-order valence-electron chi connectivity index (χ4n) is 4.45. The van der Waals surface area contributed by atoms with Crippen LogP contribution in [0.1, 0.15) is 93.9 Å². The average Bonchev–Trinajstić information content (AvgIpc) is 3.44. The predicted octanol–water partition coefficient (Wildman–Crippen LogP) is 8.33. The summed E-state index contributed by atoms with van der Waals surface area (Å²) in [7, 11) is 0. The summed E-state index contributed by atoms with van der Waals surface area (Å²) in [5.41, 5.74) is 0. The van der Waals surface area contributed by atoms with E-state index in [0.717, 1.165) is 0 Å². The first-order valence-electron chi connectivity index (χ1n) is 11.1. The maximum absolute atomic E-state index is 8.63. The van der Waals surface area contributed by atoms with Crippen LogP contribution in [0.3, 0.4) is 0 Å². The summed E-state index contributed by atoms with van der Waals surface area (Å²) in [5.74, 6) is 5.12. The molecule has 4 rings (SSSR count). The molecule has 1 N–H and O–H groups in total. The van der Waals surface area contributed by atoms with E-state index in [1.165, 1.54) is 23.7 Å². The van der Waals surface area contributed by atoms with Crippen molar-refractivity contribution >= 4 is 0 Å². The van der Waals surface area contributed by atoms with Gasteiger partial charge in [0.25, 0.3) is 0 Å². The van der Waals surface area contributed by atoms with Crippen LogP contribution < -0.4 is 0 Å². The van der Waals surface area contributed by atoms with Crippen molar-refractivity contribution < 1.29 is 5.11 Å². The van der Waals surface area contributed by atoms with Crippen molar-refractivity contribution in [3.8, 4) is 5.75 Å². The van der Waals surface area contributed by atoms with Gasteiger partial charge in [-0.05, 0) is 67.9 Å². The molecule has 0 heterocycles. The van der Waals surface area contributed by atoms with Crippen molar-refractivity contribution in [1.29, 1.82) is 0 Å². The zero-order valence-electron chi connectivity index (χ0n) is 18.4. The Hall–Kier alpha value is -0.980. The standard InChI is InChI=1S/C10H16.C6H6O.4C2H6/c1-2-9-7-4-5-8(6-7)10(9)3-1;7-6-4-2-1-3-5-6;4*1-2/h7-10H,1-6H2;1-5,7H;4*1-2H3. The molecule has 3 fully saturated rings. The summed E-state index contributed by atoms with van der Waals surface area (Å²) in [6, 6.07) is 8.71. The Morgan fingerprint density at radius 1 is 0.640 bits per heavy atom. The maximum atomic E-state index is 8.63. The van der Waals surface area contributed by atoms with E-state index in [1.54, 1.807) is 62.8 Å². The number of para-hydroxylation sites is 1. The minimum atomic E-state index is 0.322. The lowest BCUT2D eigenvalue weighted by Crippen LogP contribution is -2.15. The molecule has 0 spiro atoms. The Labute approximate surface area is 159 Å². The number of phenols is 1. The highest BCUT2D eigenvalue weighted by Gasteiger charge is 2.48. The molecule has 3 saturated carbocycles. The van der Waals surface area contributed by atoms with Gasteiger partial charge in [0, 0.05) is 0 Å². The van der Waals surface area contributed by atoms with Crippen LogP contribution in [0.15, 0.2) is 30.3 Å². The maximum Gasteiger partial charge on any atom is 0.115 e. The number of hydrogen-bond acceptors (Lipinski definition) is 1. The SMILES string of the molecule is C1CC2C3CCC(C3)C2C1.CC.CC.CC.CC.Oc1ccccc1. The summed E-state index contributed by atoms with van der Waals surface area (Å²) >= 11 is 0. The lowest BCUT2D eigenvalue weighted by molar-refractivity contribution is 0.259. The smallest absolute Gasteiger partial charge is 0.115 e. The second-order valence-corrected chi connectivity index (χ2v) is 5.93. The van der Waals surface area contributed by atoms with Crippen LogP contribution in [0.4, 0.5) is 0 Å². The monoisotopic (exact) mass is 350 g/mol. The largest absolute Gasteiger partial charge is 0.508 e. The Bertz CT molecular complexity index is 344. The highest BCUT2D eigenvalue weighted by Crippen LogP contribution is 2.58. The molecule has 2 bridgehead atoms. The summed E-state index contributed by atoms with van der Waals surface area (Å²) in [6.07, 6.45) is 9.53. The number of fused-ring (bicyclic) bond motifs is 5. The molecule has 0 aliphatic heterocycles. The molecular weight excluding hydrogens is 304 g/mol. The normalized spacial score (nSPS) is 26.4. The number of benzene rings is 1. The van der Waals surface area contributed by atoms with E-state index in [2.05, 4.69) is 0 Å². The van der Waals surface area contributed by atoms with Crippen LogP contribution in [0.2, 0.25) is 0 Å². The lowest BCUT2D eigenvalue weighted by Gasteiger charge is -2.23. The van der Waals surface area contributed by atoms with Gasteiger partial charge in [0.2, 0.25) is 0 Å². The number of phenolic OH excluding ortho intramolecular Hbond substituents is 1. The van der Waals surface area contributed by atoms with Crippen molar-refractivity contribution in [1.82, 2.24) is 0 Å². The summed E-state index contributed by atoms with van der Waals surface area (Å²) in [4.78, 5) is 0. The molecule has 1 aromatic rings. The Morgan fingerprint density at radius 2 is 1.04 bits per heavy atom. The Balaban J connectivity index is 0. The van der Waals surface area contributed by atoms with Gasteiger partial charge in [-0.25, -0.2) is 0 Å². The molecule has 3 aliphatic rings. The molecule has 148 valence electrons. The van der Waals surface area contributed by atoms with Crippen LogP contribution >= 0.6 is 0 Å². The first-order valence-corrected chi connectivity index (χ1v) is 11.1. The highest BCUT2D eigenvalue weighted by atomic mass is 16.3. The molecule has 4 atom stereocenters. The molecule has 0 amide bonds. The summed E-state index contributed by atoms with van der Waals surface area (Å²) in [5, 5.41) is 8.63. The highest BCUT2D eigenvalue weighted by molar-refractivity contribution is 5.18. The molecule has 0 radical (unpaired) electrons. The summed E-state index contributed by atoms with van der Waals surface area (Å²) < 4.78 is 0. The fraction of sp³-hybridized carbons (Fsp3) is 0.750. The van der Waals surface area contributed by atoms with E-state index in [-0.39, 0.29) is 0 Å². The fourth-order valence-corrected chi connectivity index (χ4v) is 4.45. The average molecular weight is 351 g/mol. The van der Waals surface area contributed by atoms with Crippen LogP contribution in [-0.2, 0) is 0 Å². The predicted molar refractivity (Wildman–Crippen MR) is 115 cm³/mol. The van der Waals surface area contributed by atoms with Gasteiger partial charge in [-0.2, -0.15) is 0 Å². The zero-order chi connectivity index (χ0) is 19.7. The Kier molecular flexibility index (Phi) is 18.7. The molecular formula is C24H46O. The first-order chi connectivity index (χ1) is 12.3. The second kappa shape index (κ2) is 17.8. The minimum Gasteiger partial charge on any atom is -0.508 e. The van der Waals surface area contributed by atoms with Gasteiger partial charge >= 0.3 is 0 Å². The van der Waals surface area contributed by atoms with Gasteiger partial charge < -0.3 is 5.11 Å². The molecule has 4 unspecified atom stereocenters. The third kappa shape index (κ3) is 8.79. The van der Waals surface area contributed by atoms with Gasteiger partial charge in [-0.1, -0.05) is 80.0 Å². The topological polar surface area (TPSA) is 20.2 Å². The van der Waals surface area contributed by atoms with Crippen molar-refractivity contribution in [2.75, 3.05) is 0 Å². The van der Waals surface area contributed by atoms with Gasteiger partial charge in [0.1, 0.15) is 5.75 Å². The van der Waals surface area contributed by atoms with Gasteiger partial charge in [0.15, 0.2) is 0 Å². The van der Waals surface area contributed by atoms with Crippen molar-refractivity contribution in [3.63, 3.8) is 0 Å². The van der Waals surface area contributed by atoms with Crippen LogP contribution in [-0.4, -0.2) is 5.11 Å². The third-order valence-electron chi connectivity index (χ3n) is 5.11. The van der Waals surface area contributed by atoms with Crippen LogP contribution in [0.5, 0.6) is 5.75 Å². The molecule has 1 heteroatoms. The zero-order valence-corrected chi connectivity index (χ0v) is 18.4. The molecule has 0 aromatic heterocycles. The molecule has 3 aliphatic carbocycles. The molecule has 1 nitrogen and oxygen atoms in total. The quantitative estimate of drug-likeness (QED) is 0.498. The number of aromatic hydroxyl groups is 1. The van der Waals surface area contributed by atoms with Gasteiger partial charge in [-0.15, -0.1) is 0 Å². The van der Waals surface area contributed by atoms with Crippen molar-refractivity contribution in [2.24, 2.45) is 23.7 Å². The van der Waals surface area contributed by atoms with E-state index >= 15 is 0 Å².